The lowest BCUT2D eigenvalue weighted by Gasteiger charge is -2.14. The molecule has 0 saturated carbocycles. The zero-order valence-electron chi connectivity index (χ0n) is 13.4. The van der Waals surface area contributed by atoms with Crippen LogP contribution in [0.5, 0.6) is 11.5 Å². The highest BCUT2D eigenvalue weighted by Crippen LogP contribution is 2.31. The summed E-state index contributed by atoms with van der Waals surface area (Å²) >= 11 is 0. The summed E-state index contributed by atoms with van der Waals surface area (Å²) in [5.41, 5.74) is 1.57. The van der Waals surface area contributed by atoms with E-state index in [4.69, 9.17) is 18.9 Å². The van der Waals surface area contributed by atoms with E-state index in [1.807, 2.05) is 0 Å². The van der Waals surface area contributed by atoms with Crippen molar-refractivity contribution in [1.82, 2.24) is 0 Å². The third-order valence-electron chi connectivity index (χ3n) is 2.92. The molecule has 122 valence electrons. The third kappa shape index (κ3) is 5.38. The van der Waals surface area contributed by atoms with Gasteiger partial charge in [0.2, 0.25) is 0 Å². The molecule has 22 heavy (non-hydrogen) atoms. The molecule has 0 atom stereocenters. The van der Waals surface area contributed by atoms with E-state index in [1.54, 1.807) is 39.5 Å². The topological polar surface area (TPSA) is 63.2 Å². The lowest BCUT2D eigenvalue weighted by Crippen LogP contribution is -2.05. The lowest BCUT2D eigenvalue weighted by atomic mass is 10.1. The highest BCUT2D eigenvalue weighted by Gasteiger charge is 2.12. The van der Waals surface area contributed by atoms with E-state index in [0.29, 0.717) is 31.3 Å². The van der Waals surface area contributed by atoms with E-state index in [0.717, 1.165) is 11.1 Å². The fourth-order valence-electron chi connectivity index (χ4n) is 1.79. The smallest absolute Gasteiger partial charge is 0.330 e. The molecule has 1 rings (SSSR count). The van der Waals surface area contributed by atoms with Crippen LogP contribution in [0, 0.1) is 0 Å². The molecule has 0 spiro atoms. The summed E-state index contributed by atoms with van der Waals surface area (Å²) in [7, 11) is 6.09. The van der Waals surface area contributed by atoms with Gasteiger partial charge < -0.3 is 23.7 Å². The Morgan fingerprint density at radius 2 is 1.68 bits per heavy atom. The summed E-state index contributed by atoms with van der Waals surface area (Å²) in [5.74, 6) is 0.826. The second-order valence-corrected chi connectivity index (χ2v) is 4.31. The quantitative estimate of drug-likeness (QED) is 0.395. The molecule has 0 unspecified atom stereocenters. The summed E-state index contributed by atoms with van der Waals surface area (Å²) < 4.78 is 25.8. The van der Waals surface area contributed by atoms with Gasteiger partial charge in [-0.05, 0) is 23.8 Å². The zero-order chi connectivity index (χ0) is 16.4. The van der Waals surface area contributed by atoms with Crippen molar-refractivity contribution in [1.29, 1.82) is 0 Å². The largest absolute Gasteiger partial charge is 0.496 e. The van der Waals surface area contributed by atoms with Gasteiger partial charge in [-0.1, -0.05) is 0 Å². The van der Waals surface area contributed by atoms with Crippen LogP contribution in [0.15, 0.2) is 18.2 Å². The van der Waals surface area contributed by atoms with Crippen LogP contribution in [0.25, 0.3) is 6.08 Å². The number of benzene rings is 1. The van der Waals surface area contributed by atoms with E-state index < -0.39 is 5.97 Å². The van der Waals surface area contributed by atoms with Crippen molar-refractivity contribution in [2.75, 3.05) is 41.7 Å². The number of esters is 1. The van der Waals surface area contributed by atoms with Gasteiger partial charge in [0.05, 0.1) is 46.7 Å². The van der Waals surface area contributed by atoms with Crippen LogP contribution in [-0.4, -0.2) is 47.6 Å². The second kappa shape index (κ2) is 9.81. The monoisotopic (exact) mass is 310 g/mol. The molecule has 1 aromatic carbocycles. The maximum Gasteiger partial charge on any atom is 0.330 e. The van der Waals surface area contributed by atoms with Gasteiger partial charge in [-0.2, -0.15) is 0 Å². The van der Waals surface area contributed by atoms with Gasteiger partial charge in [-0.25, -0.2) is 4.79 Å². The molecule has 6 nitrogen and oxygen atoms in total. The first-order valence-electron chi connectivity index (χ1n) is 6.73. The third-order valence-corrected chi connectivity index (χ3v) is 2.92. The van der Waals surface area contributed by atoms with E-state index in [9.17, 15) is 4.79 Å². The molecule has 0 fully saturated rings. The van der Waals surface area contributed by atoms with Crippen LogP contribution < -0.4 is 9.47 Å². The zero-order valence-corrected chi connectivity index (χ0v) is 13.4. The van der Waals surface area contributed by atoms with Crippen molar-refractivity contribution in [3.63, 3.8) is 0 Å². The van der Waals surface area contributed by atoms with E-state index in [1.165, 1.54) is 13.2 Å². The average Bonchev–Trinajstić information content (AvgIpc) is 2.56. The number of ether oxygens (including phenoxy) is 5. The first kappa shape index (κ1) is 18.0. The van der Waals surface area contributed by atoms with Crippen LogP contribution >= 0.6 is 0 Å². The molecule has 0 radical (unpaired) electrons. The second-order valence-electron chi connectivity index (χ2n) is 4.31. The summed E-state index contributed by atoms with van der Waals surface area (Å²) in [6, 6.07) is 3.61. The Morgan fingerprint density at radius 3 is 2.18 bits per heavy atom. The Kier molecular flexibility index (Phi) is 8.03. The molecule has 1 aromatic rings. The molecular formula is C16H22O6. The summed E-state index contributed by atoms with van der Waals surface area (Å²) in [4.78, 5) is 11.2. The van der Waals surface area contributed by atoms with Crippen LogP contribution in [0.2, 0.25) is 0 Å². The number of methoxy groups -OCH3 is 4. The average molecular weight is 310 g/mol. The molecule has 0 aromatic heterocycles. The Bertz CT molecular complexity index is 484. The number of hydrogen-bond acceptors (Lipinski definition) is 6. The Morgan fingerprint density at radius 1 is 1.05 bits per heavy atom. The minimum absolute atomic E-state index is 0.344. The first-order valence-corrected chi connectivity index (χ1v) is 6.73. The maximum absolute atomic E-state index is 11.2. The van der Waals surface area contributed by atoms with E-state index in [2.05, 4.69) is 4.74 Å². The number of rotatable bonds is 9. The number of carbonyl (C=O) groups is 1. The summed E-state index contributed by atoms with van der Waals surface area (Å²) in [6.07, 6.45) is 2.97. The highest BCUT2D eigenvalue weighted by atomic mass is 16.5. The van der Waals surface area contributed by atoms with Crippen LogP contribution in [0.4, 0.5) is 0 Å². The van der Waals surface area contributed by atoms with Gasteiger partial charge in [0.1, 0.15) is 11.5 Å². The van der Waals surface area contributed by atoms with E-state index in [-0.39, 0.29) is 0 Å². The molecule has 0 N–H and O–H groups in total. The van der Waals surface area contributed by atoms with Gasteiger partial charge in [0.25, 0.3) is 0 Å². The van der Waals surface area contributed by atoms with E-state index >= 15 is 0 Å². The van der Waals surface area contributed by atoms with Crippen molar-refractivity contribution in [3.8, 4) is 11.5 Å². The molecule has 0 bridgehead atoms. The molecule has 0 aliphatic rings. The van der Waals surface area contributed by atoms with Gasteiger partial charge >= 0.3 is 5.97 Å². The standard InChI is InChI=1S/C16H22O6/c1-18-7-8-22-11-13-14(19-2)9-12(10-15(13)20-3)5-6-16(17)21-4/h5-6,9-10H,7-8,11H2,1-4H3/b6-5+. The maximum atomic E-state index is 11.2. The minimum Gasteiger partial charge on any atom is -0.496 e. The van der Waals surface area contributed by atoms with Crippen molar-refractivity contribution >= 4 is 12.0 Å². The van der Waals surface area contributed by atoms with Gasteiger partial charge in [-0.3, -0.25) is 0 Å². The fourth-order valence-corrected chi connectivity index (χ4v) is 1.79. The minimum atomic E-state index is -0.426. The number of hydrogen-bond donors (Lipinski definition) is 0. The molecule has 0 saturated heterocycles. The van der Waals surface area contributed by atoms with Gasteiger partial charge in [-0.15, -0.1) is 0 Å². The van der Waals surface area contributed by atoms with Crippen molar-refractivity contribution < 1.29 is 28.5 Å². The molecule has 0 heterocycles. The number of carbonyl (C=O) groups excluding carboxylic acids is 1. The lowest BCUT2D eigenvalue weighted by molar-refractivity contribution is -0.134. The molecule has 0 amide bonds. The SMILES string of the molecule is COCCOCc1c(OC)cc(/C=C/C(=O)OC)cc1OC. The summed E-state index contributed by atoms with van der Waals surface area (Å²) in [5, 5.41) is 0. The van der Waals surface area contributed by atoms with Crippen LogP contribution in [-0.2, 0) is 25.6 Å². The predicted molar refractivity (Wildman–Crippen MR) is 82.1 cm³/mol. The Hall–Kier alpha value is -2.05. The Balaban J connectivity index is 2.97. The van der Waals surface area contributed by atoms with Crippen molar-refractivity contribution in [2.45, 2.75) is 6.61 Å². The van der Waals surface area contributed by atoms with Gasteiger partial charge in [0.15, 0.2) is 0 Å². The molecule has 0 aliphatic heterocycles. The van der Waals surface area contributed by atoms with Gasteiger partial charge in [0, 0.05) is 13.2 Å². The van der Waals surface area contributed by atoms with Crippen LogP contribution in [0.3, 0.4) is 0 Å². The van der Waals surface area contributed by atoms with Crippen LogP contribution in [0.1, 0.15) is 11.1 Å². The normalized spacial score (nSPS) is 10.7. The highest BCUT2D eigenvalue weighted by molar-refractivity contribution is 5.87. The molecule has 0 aliphatic carbocycles. The predicted octanol–water partition coefficient (Wildman–Crippen LogP) is 2.05. The summed E-state index contributed by atoms with van der Waals surface area (Å²) in [6.45, 7) is 1.34. The first-order chi connectivity index (χ1) is 10.7. The van der Waals surface area contributed by atoms with Crippen molar-refractivity contribution in [3.05, 3.63) is 29.3 Å². The molecular weight excluding hydrogens is 288 g/mol. The van der Waals surface area contributed by atoms with Crippen molar-refractivity contribution in [2.24, 2.45) is 0 Å². The molecule has 6 heteroatoms. The fraction of sp³-hybridized carbons (Fsp3) is 0.438. The Labute approximate surface area is 130 Å².